The molecule has 0 aromatic carbocycles. The molecule has 0 unspecified atom stereocenters. The minimum absolute atomic E-state index is 0.346. The zero-order valence-corrected chi connectivity index (χ0v) is 11.7. The molecule has 0 spiro atoms. The van der Waals surface area contributed by atoms with Crippen LogP contribution in [0.2, 0.25) is 0 Å². The van der Waals surface area contributed by atoms with Gasteiger partial charge in [0.05, 0.1) is 6.61 Å². The highest BCUT2D eigenvalue weighted by molar-refractivity contribution is 9.10. The van der Waals surface area contributed by atoms with Crippen LogP contribution in [0, 0.1) is 5.92 Å². The Kier molecular flexibility index (Phi) is 5.97. The van der Waals surface area contributed by atoms with Gasteiger partial charge in [-0.2, -0.15) is 0 Å². The van der Waals surface area contributed by atoms with Gasteiger partial charge in [-0.25, -0.2) is 4.79 Å². The maximum absolute atomic E-state index is 11.2. The van der Waals surface area contributed by atoms with Crippen LogP contribution < -0.4 is 5.32 Å². The fourth-order valence-corrected chi connectivity index (χ4v) is 1.38. The summed E-state index contributed by atoms with van der Waals surface area (Å²) in [6.45, 7) is 5.05. The summed E-state index contributed by atoms with van der Waals surface area (Å²) in [6.07, 6.45) is 1.99. The fourth-order valence-electron chi connectivity index (χ4n) is 1.14. The van der Waals surface area contributed by atoms with Crippen molar-refractivity contribution < 1.29 is 9.53 Å². The number of pyridine rings is 1. The zero-order valence-electron chi connectivity index (χ0n) is 10.1. The third-order valence-electron chi connectivity index (χ3n) is 2.03. The van der Waals surface area contributed by atoms with Gasteiger partial charge in [0.1, 0.15) is 0 Å². The summed E-state index contributed by atoms with van der Waals surface area (Å²) in [5.41, 5.74) is 0.907. The lowest BCUT2D eigenvalue weighted by molar-refractivity contribution is 0.146. The second-order valence-electron chi connectivity index (χ2n) is 4.13. The fraction of sp³-hybridized carbons (Fsp3) is 0.500. The van der Waals surface area contributed by atoms with Crippen molar-refractivity contribution >= 4 is 22.0 Å². The van der Waals surface area contributed by atoms with Crippen LogP contribution in [-0.2, 0) is 11.2 Å². The molecule has 0 saturated heterocycles. The molecule has 1 rings (SSSR count). The second kappa shape index (κ2) is 7.27. The summed E-state index contributed by atoms with van der Waals surface area (Å²) in [5, 5.41) is 2.69. The molecule has 0 atom stereocenters. The molecule has 1 aromatic heterocycles. The second-order valence-corrected chi connectivity index (χ2v) is 5.04. The number of nitrogens with zero attached hydrogens (tertiary/aromatic N) is 1. The first-order valence-electron chi connectivity index (χ1n) is 5.59. The monoisotopic (exact) mass is 300 g/mol. The highest BCUT2D eigenvalue weighted by atomic mass is 79.9. The van der Waals surface area contributed by atoms with Crippen molar-refractivity contribution in [1.29, 1.82) is 0 Å². The Balaban J connectivity index is 2.19. The number of carbonyl (C=O) groups is 1. The molecule has 5 heteroatoms. The summed E-state index contributed by atoms with van der Waals surface area (Å²) in [6, 6.07) is 3.82. The number of ether oxygens (including phenoxy) is 1. The minimum Gasteiger partial charge on any atom is -0.449 e. The van der Waals surface area contributed by atoms with Gasteiger partial charge in [0.25, 0.3) is 0 Å². The molecule has 1 N–H and O–H groups in total. The first kappa shape index (κ1) is 14.0. The van der Waals surface area contributed by atoms with Crippen LogP contribution in [0.3, 0.4) is 0 Å². The average Bonchev–Trinajstić information content (AvgIpc) is 2.29. The van der Waals surface area contributed by atoms with Crippen molar-refractivity contribution in [3.8, 4) is 0 Å². The van der Waals surface area contributed by atoms with Gasteiger partial charge in [-0.3, -0.25) is 4.98 Å². The Hall–Kier alpha value is -1.10. The van der Waals surface area contributed by atoms with Crippen LogP contribution in [0.4, 0.5) is 4.79 Å². The van der Waals surface area contributed by atoms with E-state index in [1.54, 1.807) is 6.20 Å². The van der Waals surface area contributed by atoms with Gasteiger partial charge >= 0.3 is 6.09 Å². The number of aromatic nitrogens is 1. The van der Waals surface area contributed by atoms with E-state index in [-0.39, 0.29) is 6.09 Å². The molecule has 0 aliphatic rings. The van der Waals surface area contributed by atoms with Crippen molar-refractivity contribution in [3.05, 3.63) is 28.5 Å². The first-order chi connectivity index (χ1) is 8.08. The highest BCUT2D eigenvalue weighted by Crippen LogP contribution is 2.07. The van der Waals surface area contributed by atoms with Crippen LogP contribution in [0.25, 0.3) is 0 Å². The zero-order chi connectivity index (χ0) is 12.7. The predicted octanol–water partition coefficient (Wildman–Crippen LogP) is 2.77. The lowest BCUT2D eigenvalue weighted by Gasteiger charge is -2.08. The molecule has 94 valence electrons. The molecule has 0 bridgehead atoms. The van der Waals surface area contributed by atoms with Crippen molar-refractivity contribution in [3.63, 3.8) is 0 Å². The van der Waals surface area contributed by atoms with Crippen LogP contribution >= 0.6 is 15.9 Å². The third-order valence-corrected chi connectivity index (χ3v) is 2.50. The van der Waals surface area contributed by atoms with Gasteiger partial charge in [-0.1, -0.05) is 13.8 Å². The van der Waals surface area contributed by atoms with Gasteiger partial charge < -0.3 is 10.1 Å². The van der Waals surface area contributed by atoms with Crippen molar-refractivity contribution in [2.24, 2.45) is 5.92 Å². The summed E-state index contributed by atoms with van der Waals surface area (Å²) >= 11 is 3.31. The number of hydrogen-bond donors (Lipinski definition) is 1. The molecule has 0 fully saturated rings. The Labute approximate surface area is 110 Å². The Morgan fingerprint density at radius 2 is 2.29 bits per heavy atom. The number of amides is 1. The lowest BCUT2D eigenvalue weighted by atomic mass is 10.2. The summed E-state index contributed by atoms with van der Waals surface area (Å²) in [7, 11) is 0. The van der Waals surface area contributed by atoms with Crippen molar-refractivity contribution in [1.82, 2.24) is 10.3 Å². The lowest BCUT2D eigenvalue weighted by Crippen LogP contribution is -2.28. The maximum Gasteiger partial charge on any atom is 0.407 e. The molecule has 0 saturated carbocycles. The standard InChI is InChI=1S/C12H17BrN2O2/c1-9(2)7-15-12(16)17-6-5-11-4-3-10(13)8-14-11/h3-4,8-9H,5-7H2,1-2H3,(H,15,16). The number of rotatable bonds is 5. The van der Waals surface area contributed by atoms with Crippen molar-refractivity contribution in [2.45, 2.75) is 20.3 Å². The van der Waals surface area contributed by atoms with E-state index in [0.717, 1.165) is 10.2 Å². The van der Waals surface area contributed by atoms with E-state index in [0.29, 0.717) is 25.5 Å². The smallest absolute Gasteiger partial charge is 0.407 e. The summed E-state index contributed by atoms with van der Waals surface area (Å²) in [5.74, 6) is 0.427. The summed E-state index contributed by atoms with van der Waals surface area (Å²) < 4.78 is 5.97. The number of halogens is 1. The Morgan fingerprint density at radius 1 is 1.53 bits per heavy atom. The van der Waals surface area contributed by atoms with Crippen LogP contribution in [0.15, 0.2) is 22.8 Å². The van der Waals surface area contributed by atoms with E-state index in [4.69, 9.17) is 4.74 Å². The summed E-state index contributed by atoms with van der Waals surface area (Å²) in [4.78, 5) is 15.4. The predicted molar refractivity (Wildman–Crippen MR) is 69.8 cm³/mol. The number of hydrogen-bond acceptors (Lipinski definition) is 3. The topological polar surface area (TPSA) is 51.2 Å². The Bertz CT molecular complexity index is 352. The van der Waals surface area contributed by atoms with Gasteiger partial charge in [-0.05, 0) is 34.0 Å². The van der Waals surface area contributed by atoms with E-state index >= 15 is 0 Å². The van der Waals surface area contributed by atoms with Gasteiger partial charge in [0, 0.05) is 29.3 Å². The van der Waals surface area contributed by atoms with Gasteiger partial charge in [0.15, 0.2) is 0 Å². The van der Waals surface area contributed by atoms with E-state index < -0.39 is 0 Å². The third kappa shape index (κ3) is 6.26. The molecular weight excluding hydrogens is 284 g/mol. The van der Waals surface area contributed by atoms with E-state index in [1.165, 1.54) is 0 Å². The number of alkyl carbamates (subject to hydrolysis) is 1. The minimum atomic E-state index is -0.365. The molecular formula is C12H17BrN2O2. The van der Waals surface area contributed by atoms with Crippen LogP contribution in [-0.4, -0.2) is 24.2 Å². The molecule has 0 aliphatic heterocycles. The molecule has 1 aromatic rings. The normalized spacial score (nSPS) is 10.4. The first-order valence-corrected chi connectivity index (χ1v) is 6.38. The molecule has 17 heavy (non-hydrogen) atoms. The van der Waals surface area contributed by atoms with E-state index in [2.05, 4.69) is 26.2 Å². The van der Waals surface area contributed by atoms with E-state index in [1.807, 2.05) is 26.0 Å². The molecule has 0 aliphatic carbocycles. The Morgan fingerprint density at radius 3 is 2.88 bits per heavy atom. The molecule has 0 radical (unpaired) electrons. The SMILES string of the molecule is CC(C)CNC(=O)OCCc1ccc(Br)cn1. The van der Waals surface area contributed by atoms with E-state index in [9.17, 15) is 4.79 Å². The number of carbonyl (C=O) groups excluding carboxylic acids is 1. The highest BCUT2D eigenvalue weighted by Gasteiger charge is 2.03. The van der Waals surface area contributed by atoms with Crippen molar-refractivity contribution in [2.75, 3.05) is 13.2 Å². The van der Waals surface area contributed by atoms with Crippen LogP contribution in [0.1, 0.15) is 19.5 Å². The molecule has 1 heterocycles. The molecule has 4 nitrogen and oxygen atoms in total. The average molecular weight is 301 g/mol. The van der Waals surface area contributed by atoms with Crippen LogP contribution in [0.5, 0.6) is 0 Å². The largest absolute Gasteiger partial charge is 0.449 e. The maximum atomic E-state index is 11.2. The number of nitrogens with one attached hydrogen (secondary N) is 1. The quantitative estimate of drug-likeness (QED) is 0.910. The van der Waals surface area contributed by atoms with Gasteiger partial charge in [-0.15, -0.1) is 0 Å². The van der Waals surface area contributed by atoms with Gasteiger partial charge in [0.2, 0.25) is 0 Å². The molecule has 1 amide bonds.